The Morgan fingerprint density at radius 1 is 1.04 bits per heavy atom. The molecular formula is C17H17F2NO4. The highest BCUT2D eigenvalue weighted by Crippen LogP contribution is 2.25. The molecule has 0 atom stereocenters. The van der Waals surface area contributed by atoms with Gasteiger partial charge in [-0.05, 0) is 24.3 Å². The van der Waals surface area contributed by atoms with Gasteiger partial charge in [-0.15, -0.1) is 0 Å². The standard InChI is InChI=1S/C17H17F2NO4/c1-22-14-8-4-5-9-15(14)23-11-10-20-16(21)12-6-2-3-7-13(12)24-17(18)19/h2-9,17H,10-11H2,1H3,(H,20,21). The maximum atomic E-state index is 12.3. The Bertz CT molecular complexity index is 679. The summed E-state index contributed by atoms with van der Waals surface area (Å²) in [7, 11) is 1.53. The van der Waals surface area contributed by atoms with E-state index in [1.54, 1.807) is 24.3 Å². The van der Waals surface area contributed by atoms with Crippen molar-refractivity contribution in [3.8, 4) is 17.2 Å². The Balaban J connectivity index is 1.88. The second-order valence-corrected chi connectivity index (χ2v) is 4.63. The normalized spacial score (nSPS) is 10.3. The fraction of sp³-hybridized carbons (Fsp3) is 0.235. The molecule has 0 aliphatic carbocycles. The number of nitrogens with one attached hydrogen (secondary N) is 1. The molecule has 0 aliphatic rings. The summed E-state index contributed by atoms with van der Waals surface area (Å²) in [5.41, 5.74) is 0.0371. The molecule has 0 saturated heterocycles. The molecule has 7 heteroatoms. The number of amides is 1. The van der Waals surface area contributed by atoms with Gasteiger partial charge in [0, 0.05) is 0 Å². The van der Waals surface area contributed by atoms with E-state index in [2.05, 4.69) is 10.1 Å². The van der Waals surface area contributed by atoms with Crippen LogP contribution >= 0.6 is 0 Å². The summed E-state index contributed by atoms with van der Waals surface area (Å²) < 4.78 is 39.7. The SMILES string of the molecule is COc1ccccc1OCCNC(=O)c1ccccc1OC(F)F. The number of hydrogen-bond donors (Lipinski definition) is 1. The molecule has 1 amide bonds. The molecule has 0 aliphatic heterocycles. The second-order valence-electron chi connectivity index (χ2n) is 4.63. The molecule has 0 bridgehead atoms. The highest BCUT2D eigenvalue weighted by atomic mass is 19.3. The topological polar surface area (TPSA) is 56.8 Å². The summed E-state index contributed by atoms with van der Waals surface area (Å²) in [6.07, 6.45) is 0. The lowest BCUT2D eigenvalue weighted by Crippen LogP contribution is -2.28. The largest absolute Gasteiger partial charge is 0.493 e. The average molecular weight is 337 g/mol. The van der Waals surface area contributed by atoms with Gasteiger partial charge in [0.05, 0.1) is 19.2 Å². The minimum Gasteiger partial charge on any atom is -0.493 e. The molecule has 24 heavy (non-hydrogen) atoms. The summed E-state index contributed by atoms with van der Waals surface area (Å²) in [5.74, 6) is 0.445. The van der Waals surface area contributed by atoms with Crippen molar-refractivity contribution in [2.45, 2.75) is 6.61 Å². The van der Waals surface area contributed by atoms with Gasteiger partial charge in [-0.2, -0.15) is 8.78 Å². The van der Waals surface area contributed by atoms with E-state index in [9.17, 15) is 13.6 Å². The van der Waals surface area contributed by atoms with Crippen LogP contribution in [0.15, 0.2) is 48.5 Å². The van der Waals surface area contributed by atoms with Gasteiger partial charge in [0.1, 0.15) is 12.4 Å². The quantitative estimate of drug-likeness (QED) is 0.752. The molecule has 0 aromatic heterocycles. The predicted molar refractivity (Wildman–Crippen MR) is 83.9 cm³/mol. The summed E-state index contributed by atoms with van der Waals surface area (Å²) in [4.78, 5) is 12.1. The number of carbonyl (C=O) groups is 1. The second kappa shape index (κ2) is 8.71. The van der Waals surface area contributed by atoms with Crippen LogP contribution in [0.4, 0.5) is 8.78 Å². The van der Waals surface area contributed by atoms with E-state index >= 15 is 0 Å². The van der Waals surface area contributed by atoms with Gasteiger partial charge in [0.15, 0.2) is 11.5 Å². The zero-order chi connectivity index (χ0) is 17.4. The Hall–Kier alpha value is -2.83. The van der Waals surface area contributed by atoms with E-state index < -0.39 is 12.5 Å². The number of benzene rings is 2. The van der Waals surface area contributed by atoms with Gasteiger partial charge in [0.25, 0.3) is 5.91 Å². The maximum absolute atomic E-state index is 12.3. The smallest absolute Gasteiger partial charge is 0.387 e. The van der Waals surface area contributed by atoms with Gasteiger partial charge in [0.2, 0.25) is 0 Å². The number of rotatable bonds is 8. The van der Waals surface area contributed by atoms with Gasteiger partial charge >= 0.3 is 6.61 Å². The molecule has 0 heterocycles. The van der Waals surface area contributed by atoms with E-state index in [0.717, 1.165) is 0 Å². The first-order chi connectivity index (χ1) is 11.6. The monoisotopic (exact) mass is 337 g/mol. The third kappa shape index (κ3) is 4.84. The zero-order valence-corrected chi connectivity index (χ0v) is 13.0. The van der Waals surface area contributed by atoms with Crippen molar-refractivity contribution in [1.82, 2.24) is 5.32 Å². The predicted octanol–water partition coefficient (Wildman–Crippen LogP) is 3.11. The van der Waals surface area contributed by atoms with Gasteiger partial charge < -0.3 is 19.5 Å². The van der Waals surface area contributed by atoms with Crippen LogP contribution in [0.3, 0.4) is 0 Å². The van der Waals surface area contributed by atoms with Gasteiger partial charge in [-0.1, -0.05) is 24.3 Å². The Labute approximate surface area is 138 Å². The summed E-state index contributed by atoms with van der Waals surface area (Å²) >= 11 is 0. The minimum atomic E-state index is -2.99. The van der Waals surface area contributed by atoms with Crippen molar-refractivity contribution >= 4 is 5.91 Å². The molecule has 0 radical (unpaired) electrons. The summed E-state index contributed by atoms with van der Waals surface area (Å²) in [6.45, 7) is -2.60. The fourth-order valence-electron chi connectivity index (χ4n) is 2.01. The van der Waals surface area contributed by atoms with Crippen LogP contribution in [0.1, 0.15) is 10.4 Å². The van der Waals surface area contributed by atoms with Crippen LogP contribution in [0, 0.1) is 0 Å². The Morgan fingerprint density at radius 3 is 2.33 bits per heavy atom. The third-order valence-electron chi connectivity index (χ3n) is 3.06. The number of para-hydroxylation sites is 3. The van der Waals surface area contributed by atoms with E-state index in [1.165, 1.54) is 25.3 Å². The lowest BCUT2D eigenvalue weighted by Gasteiger charge is -2.12. The van der Waals surface area contributed by atoms with E-state index in [1.807, 2.05) is 6.07 Å². The molecule has 2 aromatic rings. The van der Waals surface area contributed by atoms with Crippen molar-refractivity contribution in [3.05, 3.63) is 54.1 Å². The van der Waals surface area contributed by atoms with Gasteiger partial charge in [-0.3, -0.25) is 4.79 Å². The zero-order valence-electron chi connectivity index (χ0n) is 13.0. The van der Waals surface area contributed by atoms with Crippen LogP contribution in [0.2, 0.25) is 0 Å². The minimum absolute atomic E-state index is 0.0371. The molecule has 128 valence electrons. The first-order valence-electron chi connectivity index (χ1n) is 7.19. The van der Waals surface area contributed by atoms with Crippen LogP contribution in [0.25, 0.3) is 0 Å². The Morgan fingerprint density at radius 2 is 1.67 bits per heavy atom. The Kier molecular flexibility index (Phi) is 6.36. The molecule has 0 unspecified atom stereocenters. The number of hydrogen-bond acceptors (Lipinski definition) is 4. The highest BCUT2D eigenvalue weighted by Gasteiger charge is 2.14. The third-order valence-corrected chi connectivity index (χ3v) is 3.06. The molecule has 5 nitrogen and oxygen atoms in total. The van der Waals surface area contributed by atoms with Crippen molar-refractivity contribution in [1.29, 1.82) is 0 Å². The molecule has 0 fully saturated rings. The van der Waals surface area contributed by atoms with Crippen LogP contribution < -0.4 is 19.5 Å². The number of alkyl halides is 2. The molecule has 1 N–H and O–H groups in total. The number of ether oxygens (including phenoxy) is 3. The highest BCUT2D eigenvalue weighted by molar-refractivity contribution is 5.96. The summed E-state index contributed by atoms with van der Waals surface area (Å²) in [5, 5.41) is 2.59. The molecular weight excluding hydrogens is 320 g/mol. The molecule has 2 rings (SSSR count). The number of carbonyl (C=O) groups excluding carboxylic acids is 1. The first-order valence-corrected chi connectivity index (χ1v) is 7.19. The first kappa shape index (κ1) is 17.5. The average Bonchev–Trinajstić information content (AvgIpc) is 2.58. The molecule has 2 aromatic carbocycles. The molecule has 0 saturated carbocycles. The van der Waals surface area contributed by atoms with Crippen molar-refractivity contribution < 1.29 is 27.8 Å². The van der Waals surface area contributed by atoms with Crippen LogP contribution in [-0.2, 0) is 0 Å². The lowest BCUT2D eigenvalue weighted by molar-refractivity contribution is -0.0501. The maximum Gasteiger partial charge on any atom is 0.387 e. The van der Waals surface area contributed by atoms with Crippen molar-refractivity contribution in [3.63, 3.8) is 0 Å². The summed E-state index contributed by atoms with van der Waals surface area (Å²) in [6, 6.07) is 12.9. The van der Waals surface area contributed by atoms with Crippen molar-refractivity contribution in [2.75, 3.05) is 20.3 Å². The fourth-order valence-corrected chi connectivity index (χ4v) is 2.01. The number of methoxy groups -OCH3 is 1. The van der Waals surface area contributed by atoms with E-state index in [0.29, 0.717) is 11.5 Å². The van der Waals surface area contributed by atoms with E-state index in [4.69, 9.17) is 9.47 Å². The van der Waals surface area contributed by atoms with Crippen LogP contribution in [0.5, 0.6) is 17.2 Å². The molecule has 0 spiro atoms. The van der Waals surface area contributed by atoms with Gasteiger partial charge in [-0.25, -0.2) is 0 Å². The van der Waals surface area contributed by atoms with E-state index in [-0.39, 0.29) is 24.5 Å². The lowest BCUT2D eigenvalue weighted by atomic mass is 10.2. The number of halogens is 2. The van der Waals surface area contributed by atoms with Crippen LogP contribution in [-0.4, -0.2) is 32.8 Å². The van der Waals surface area contributed by atoms with Crippen molar-refractivity contribution in [2.24, 2.45) is 0 Å².